The molecule has 5 rings (SSSR count). The van der Waals surface area contributed by atoms with Crippen LogP contribution in [0.4, 0.5) is 31.0 Å². The van der Waals surface area contributed by atoms with E-state index < -0.39 is 22.1 Å². The molecule has 15 heteroatoms. The van der Waals surface area contributed by atoms with E-state index in [1.54, 1.807) is 41.6 Å². The highest BCUT2D eigenvalue weighted by Crippen LogP contribution is 2.27. The number of aryl methyl sites for hydroxylation is 1. The van der Waals surface area contributed by atoms with Crippen molar-refractivity contribution in [2.75, 3.05) is 28.0 Å². The summed E-state index contributed by atoms with van der Waals surface area (Å²) in [6.45, 7) is 3.93. The number of rotatable bonds is 10. The van der Waals surface area contributed by atoms with Crippen LogP contribution in [0.5, 0.6) is 11.6 Å². The minimum atomic E-state index is -4.25. The molecule has 0 spiro atoms. The summed E-state index contributed by atoms with van der Waals surface area (Å²) < 4.78 is 46.8. The number of urea groups is 1. The van der Waals surface area contributed by atoms with Crippen LogP contribution in [0, 0.1) is 12.7 Å². The van der Waals surface area contributed by atoms with E-state index >= 15 is 0 Å². The standard InChI is InChI=1S/C31H32FN7O6S/c1-21-5-7-25(19-33-21)35-30(40)39(27-4-2-3-23(32)17-27)26-13-15-38(16-14-26)20-22-6-12-29(34-18-22)45-28-10-8-24(9-11-28)36-46(43,44)37-31(41)42/h2-12,17-19,26,36-37H,13-16,20H2,1H3,(H,35,40)(H,41,42). The molecular weight excluding hydrogens is 617 g/mol. The Hall–Kier alpha value is -5.28. The van der Waals surface area contributed by atoms with Crippen molar-refractivity contribution in [3.05, 3.63) is 102 Å². The second-order valence-electron chi connectivity index (χ2n) is 10.6. The van der Waals surface area contributed by atoms with Crippen molar-refractivity contribution in [3.63, 3.8) is 0 Å². The number of piperidine rings is 1. The molecule has 2 aromatic carbocycles. The number of benzene rings is 2. The van der Waals surface area contributed by atoms with Gasteiger partial charge in [-0.15, -0.1) is 0 Å². The van der Waals surface area contributed by atoms with Crippen molar-refractivity contribution in [2.24, 2.45) is 0 Å². The summed E-state index contributed by atoms with van der Waals surface area (Å²) in [7, 11) is -4.25. The molecule has 0 radical (unpaired) electrons. The van der Waals surface area contributed by atoms with Crippen LogP contribution in [0.15, 0.2) is 85.2 Å². The zero-order valence-electron chi connectivity index (χ0n) is 24.8. The van der Waals surface area contributed by atoms with Crippen LogP contribution in [0.2, 0.25) is 0 Å². The van der Waals surface area contributed by atoms with Crippen molar-refractivity contribution in [2.45, 2.75) is 32.4 Å². The molecule has 0 aliphatic carbocycles. The molecule has 3 amide bonds. The number of aromatic nitrogens is 2. The predicted octanol–water partition coefficient (Wildman–Crippen LogP) is 5.34. The Labute approximate surface area is 265 Å². The molecular formula is C31H32FN7O6S. The predicted molar refractivity (Wildman–Crippen MR) is 170 cm³/mol. The van der Waals surface area contributed by atoms with Crippen LogP contribution in [0.1, 0.15) is 24.1 Å². The number of nitrogens with zero attached hydrogens (tertiary/aromatic N) is 4. The Kier molecular flexibility index (Phi) is 9.93. The maximum atomic E-state index is 14.2. The Morgan fingerprint density at radius 2 is 1.74 bits per heavy atom. The van der Waals surface area contributed by atoms with Crippen LogP contribution in [-0.4, -0.2) is 59.6 Å². The van der Waals surface area contributed by atoms with Crippen molar-refractivity contribution in [1.82, 2.24) is 19.6 Å². The first kappa shape index (κ1) is 32.1. The highest BCUT2D eigenvalue weighted by molar-refractivity contribution is 7.91. The average Bonchev–Trinajstić information content (AvgIpc) is 3.00. The highest BCUT2D eigenvalue weighted by Gasteiger charge is 2.30. The minimum Gasteiger partial charge on any atom is -0.464 e. The summed E-state index contributed by atoms with van der Waals surface area (Å²) in [5, 5.41) is 11.5. The molecule has 2 aromatic heterocycles. The number of anilines is 3. The maximum Gasteiger partial charge on any atom is 0.419 e. The monoisotopic (exact) mass is 649 g/mol. The van der Waals surface area contributed by atoms with Gasteiger partial charge in [0.05, 0.1) is 17.6 Å². The van der Waals surface area contributed by atoms with Gasteiger partial charge >= 0.3 is 22.3 Å². The fourth-order valence-corrected chi connectivity index (χ4v) is 5.74. The Balaban J connectivity index is 1.16. The largest absolute Gasteiger partial charge is 0.464 e. The van der Waals surface area contributed by atoms with Gasteiger partial charge in [-0.05, 0) is 79.9 Å². The van der Waals surface area contributed by atoms with Crippen LogP contribution in [0.25, 0.3) is 0 Å². The molecule has 4 N–H and O–H groups in total. The first-order valence-electron chi connectivity index (χ1n) is 14.3. The lowest BCUT2D eigenvalue weighted by molar-refractivity contribution is 0.199. The van der Waals surface area contributed by atoms with E-state index in [0.29, 0.717) is 55.5 Å². The van der Waals surface area contributed by atoms with Gasteiger partial charge in [0, 0.05) is 49.3 Å². The zero-order valence-corrected chi connectivity index (χ0v) is 25.6. The number of carbonyl (C=O) groups is 2. The lowest BCUT2D eigenvalue weighted by Gasteiger charge is -2.38. The zero-order chi connectivity index (χ0) is 32.7. The molecule has 46 heavy (non-hydrogen) atoms. The molecule has 3 heterocycles. The summed E-state index contributed by atoms with van der Waals surface area (Å²) in [4.78, 5) is 36.5. The molecule has 240 valence electrons. The van der Waals surface area contributed by atoms with Gasteiger partial charge in [0.2, 0.25) is 5.88 Å². The molecule has 1 saturated heterocycles. The number of amides is 3. The first-order valence-corrected chi connectivity index (χ1v) is 15.8. The molecule has 0 saturated carbocycles. The number of carboxylic acid groups (broad SMARTS) is 1. The Morgan fingerprint density at radius 3 is 2.37 bits per heavy atom. The van der Waals surface area contributed by atoms with Gasteiger partial charge in [-0.25, -0.2) is 23.7 Å². The van der Waals surface area contributed by atoms with Crippen molar-refractivity contribution >= 4 is 39.4 Å². The van der Waals surface area contributed by atoms with E-state index in [9.17, 15) is 22.4 Å². The third kappa shape index (κ3) is 8.89. The Morgan fingerprint density at radius 1 is 1.00 bits per heavy atom. The van der Waals surface area contributed by atoms with Gasteiger partial charge in [0.1, 0.15) is 11.6 Å². The van der Waals surface area contributed by atoms with E-state index in [1.807, 2.05) is 19.1 Å². The van der Waals surface area contributed by atoms with Gasteiger partial charge in [0.15, 0.2) is 0 Å². The second-order valence-corrected chi connectivity index (χ2v) is 12.0. The lowest BCUT2D eigenvalue weighted by Crippen LogP contribution is -2.49. The summed E-state index contributed by atoms with van der Waals surface area (Å²) in [6, 6.07) is 18.7. The molecule has 0 atom stereocenters. The Bertz CT molecular complexity index is 1770. The van der Waals surface area contributed by atoms with Crippen molar-refractivity contribution < 1.29 is 32.2 Å². The average molecular weight is 650 g/mol. The molecule has 13 nitrogen and oxygen atoms in total. The molecule has 1 aliphatic rings. The number of nitrogens with one attached hydrogen (secondary N) is 3. The van der Waals surface area contributed by atoms with Gasteiger partial charge < -0.3 is 15.2 Å². The van der Waals surface area contributed by atoms with E-state index in [1.165, 1.54) is 41.1 Å². The molecule has 4 aromatic rings. The molecule has 0 bridgehead atoms. The fraction of sp³-hybridized carbons (Fsp3) is 0.226. The number of carbonyl (C=O) groups excluding carboxylic acids is 1. The number of hydrogen-bond donors (Lipinski definition) is 4. The maximum absolute atomic E-state index is 14.2. The number of hydrogen-bond acceptors (Lipinski definition) is 8. The highest BCUT2D eigenvalue weighted by atomic mass is 32.2. The lowest BCUT2D eigenvalue weighted by atomic mass is 10.0. The molecule has 1 aliphatic heterocycles. The quantitative estimate of drug-likeness (QED) is 0.177. The topological polar surface area (TPSA) is 166 Å². The van der Waals surface area contributed by atoms with Gasteiger partial charge in [-0.3, -0.25) is 19.5 Å². The fourth-order valence-electron chi connectivity index (χ4n) is 5.01. The van der Waals surface area contributed by atoms with E-state index in [0.717, 1.165) is 11.3 Å². The SMILES string of the molecule is Cc1ccc(NC(=O)N(c2cccc(F)c2)C2CCN(Cc3ccc(Oc4ccc(NS(=O)(=O)NC(=O)O)cc4)nc3)CC2)cn1. The number of pyridine rings is 2. The molecule has 0 unspecified atom stereocenters. The van der Waals surface area contributed by atoms with Crippen molar-refractivity contribution in [3.8, 4) is 11.6 Å². The van der Waals surface area contributed by atoms with E-state index in [4.69, 9.17) is 9.84 Å². The van der Waals surface area contributed by atoms with Crippen LogP contribution in [0.3, 0.4) is 0 Å². The third-order valence-corrected chi connectivity index (χ3v) is 8.09. The normalized spacial score (nSPS) is 13.9. The van der Waals surface area contributed by atoms with E-state index in [-0.39, 0.29) is 17.8 Å². The summed E-state index contributed by atoms with van der Waals surface area (Å²) >= 11 is 0. The van der Waals surface area contributed by atoms with Crippen LogP contribution < -0.4 is 24.4 Å². The number of halogens is 1. The third-order valence-electron chi connectivity index (χ3n) is 7.14. The first-order chi connectivity index (χ1) is 22.0. The van der Waals surface area contributed by atoms with Crippen molar-refractivity contribution in [1.29, 1.82) is 0 Å². The van der Waals surface area contributed by atoms with Crippen LogP contribution >= 0.6 is 0 Å². The van der Waals surface area contributed by atoms with Gasteiger partial charge in [-0.2, -0.15) is 8.42 Å². The van der Waals surface area contributed by atoms with Gasteiger partial charge in [-0.1, -0.05) is 12.1 Å². The number of ether oxygens (including phenoxy) is 1. The van der Waals surface area contributed by atoms with Crippen LogP contribution in [-0.2, 0) is 16.8 Å². The minimum absolute atomic E-state index is 0.138. The van der Waals surface area contributed by atoms with E-state index in [2.05, 4.69) is 24.9 Å². The summed E-state index contributed by atoms with van der Waals surface area (Å²) in [5.41, 5.74) is 3.00. The second kappa shape index (κ2) is 14.2. The summed E-state index contributed by atoms with van der Waals surface area (Å²) in [5.74, 6) is 0.325. The molecule has 1 fully saturated rings. The number of likely N-dealkylation sites (tertiary alicyclic amines) is 1. The smallest absolute Gasteiger partial charge is 0.419 e. The van der Waals surface area contributed by atoms with Gasteiger partial charge in [0.25, 0.3) is 0 Å². The summed E-state index contributed by atoms with van der Waals surface area (Å²) in [6.07, 6.45) is 2.98.